The van der Waals surface area contributed by atoms with E-state index in [1.54, 1.807) is 37.2 Å². The Balaban J connectivity index is 1.36. The first kappa shape index (κ1) is 23.5. The molecule has 0 saturated heterocycles. The number of H-pyrrole nitrogens is 2. The van der Waals surface area contributed by atoms with Crippen LogP contribution in [0.2, 0.25) is 0 Å². The van der Waals surface area contributed by atoms with Crippen LogP contribution in [0.15, 0.2) is 73.6 Å². The predicted molar refractivity (Wildman–Crippen MR) is 148 cm³/mol. The Kier molecular flexibility index (Phi) is 5.68. The monoisotopic (exact) mass is 502 g/mol. The highest BCUT2D eigenvalue weighted by atomic mass is 16.1. The standard InChI is InChI=1S/C29H26N8O/c1-29(2,3)13-25(38)34-20-10-18(14-31-16-20)19-11-23-26(36-37-28(23)33-15-19)24-12-22-21(6-9-32-27(22)35-24)17-4-7-30-8-5-17/h4-12,14-16H,13H2,1-3H3,(H,32,35)(H,34,38)(H,33,36,37). The van der Waals surface area contributed by atoms with E-state index in [2.05, 4.69) is 46.5 Å². The minimum Gasteiger partial charge on any atom is -0.338 e. The first-order valence-electron chi connectivity index (χ1n) is 12.3. The molecule has 0 saturated carbocycles. The number of carbonyl (C=O) groups is 1. The highest BCUT2D eigenvalue weighted by molar-refractivity contribution is 6.00. The fourth-order valence-electron chi connectivity index (χ4n) is 4.56. The molecule has 6 aromatic rings. The molecule has 6 heterocycles. The van der Waals surface area contributed by atoms with Crippen LogP contribution in [-0.2, 0) is 4.79 Å². The Bertz CT molecular complexity index is 1780. The first-order valence-corrected chi connectivity index (χ1v) is 12.3. The van der Waals surface area contributed by atoms with Crippen molar-refractivity contribution in [2.75, 3.05) is 5.32 Å². The van der Waals surface area contributed by atoms with Gasteiger partial charge in [-0.2, -0.15) is 5.10 Å². The van der Waals surface area contributed by atoms with E-state index in [1.165, 1.54) is 0 Å². The van der Waals surface area contributed by atoms with E-state index in [1.807, 2.05) is 51.1 Å². The summed E-state index contributed by atoms with van der Waals surface area (Å²) in [6.45, 7) is 6.11. The van der Waals surface area contributed by atoms with Crippen LogP contribution in [0, 0.1) is 5.41 Å². The van der Waals surface area contributed by atoms with Crippen molar-refractivity contribution < 1.29 is 4.79 Å². The lowest BCUT2D eigenvalue weighted by Crippen LogP contribution is -2.19. The molecule has 1 amide bonds. The van der Waals surface area contributed by atoms with Crippen LogP contribution in [0.25, 0.3) is 55.7 Å². The van der Waals surface area contributed by atoms with Gasteiger partial charge in [-0.05, 0) is 52.9 Å². The summed E-state index contributed by atoms with van der Waals surface area (Å²) in [4.78, 5) is 33.4. The Morgan fingerprint density at radius 3 is 2.47 bits per heavy atom. The lowest BCUT2D eigenvalue weighted by atomic mass is 9.92. The first-order chi connectivity index (χ1) is 18.3. The van der Waals surface area contributed by atoms with Crippen molar-refractivity contribution in [1.82, 2.24) is 35.1 Å². The van der Waals surface area contributed by atoms with E-state index < -0.39 is 0 Å². The number of rotatable bonds is 5. The summed E-state index contributed by atoms with van der Waals surface area (Å²) in [5.74, 6) is -0.0410. The number of pyridine rings is 4. The number of anilines is 1. The van der Waals surface area contributed by atoms with Crippen LogP contribution in [0.3, 0.4) is 0 Å². The molecular formula is C29H26N8O. The van der Waals surface area contributed by atoms with Gasteiger partial charge >= 0.3 is 0 Å². The average molecular weight is 503 g/mol. The molecule has 9 heteroatoms. The highest BCUT2D eigenvalue weighted by Gasteiger charge is 2.18. The lowest BCUT2D eigenvalue weighted by molar-refractivity contribution is -0.117. The molecule has 0 spiro atoms. The molecule has 0 aliphatic heterocycles. The van der Waals surface area contributed by atoms with E-state index in [0.717, 1.165) is 50.1 Å². The molecule has 0 aliphatic carbocycles. The molecule has 0 fully saturated rings. The molecule has 0 unspecified atom stereocenters. The van der Waals surface area contributed by atoms with Crippen molar-refractivity contribution in [3.05, 3.63) is 73.6 Å². The summed E-state index contributed by atoms with van der Waals surface area (Å²) in [7, 11) is 0. The Hall–Kier alpha value is -4.92. The minimum atomic E-state index is -0.0982. The van der Waals surface area contributed by atoms with Crippen molar-refractivity contribution in [2.45, 2.75) is 27.2 Å². The molecule has 38 heavy (non-hydrogen) atoms. The molecular weight excluding hydrogens is 476 g/mol. The zero-order valence-corrected chi connectivity index (χ0v) is 21.3. The Morgan fingerprint density at radius 2 is 1.66 bits per heavy atom. The second-order valence-electron chi connectivity index (χ2n) is 10.5. The van der Waals surface area contributed by atoms with Crippen molar-refractivity contribution in [1.29, 1.82) is 0 Å². The van der Waals surface area contributed by atoms with Crippen LogP contribution >= 0.6 is 0 Å². The summed E-state index contributed by atoms with van der Waals surface area (Å²) in [5, 5.41) is 12.4. The molecule has 0 aliphatic rings. The third-order valence-electron chi connectivity index (χ3n) is 6.24. The van der Waals surface area contributed by atoms with Gasteiger partial charge in [0.05, 0.1) is 17.6 Å². The summed E-state index contributed by atoms with van der Waals surface area (Å²) in [6, 6.07) is 12.0. The smallest absolute Gasteiger partial charge is 0.224 e. The number of hydrogen-bond donors (Lipinski definition) is 3. The number of aromatic amines is 2. The zero-order valence-electron chi connectivity index (χ0n) is 21.3. The van der Waals surface area contributed by atoms with Crippen LogP contribution in [0.5, 0.6) is 0 Å². The molecule has 6 aromatic heterocycles. The molecule has 188 valence electrons. The molecule has 0 aromatic carbocycles. The molecule has 9 nitrogen and oxygen atoms in total. The third kappa shape index (κ3) is 4.61. The summed E-state index contributed by atoms with van der Waals surface area (Å²) in [6.07, 6.45) is 11.0. The van der Waals surface area contributed by atoms with Crippen molar-refractivity contribution in [3.63, 3.8) is 0 Å². The number of fused-ring (bicyclic) bond motifs is 2. The number of nitrogens with zero attached hydrogens (tertiary/aromatic N) is 5. The number of nitrogens with one attached hydrogen (secondary N) is 3. The number of amides is 1. The van der Waals surface area contributed by atoms with Gasteiger partial charge in [0.15, 0.2) is 5.65 Å². The second kappa shape index (κ2) is 9.19. The number of hydrogen-bond acceptors (Lipinski definition) is 6. The fraction of sp³-hybridized carbons (Fsp3) is 0.172. The molecule has 3 N–H and O–H groups in total. The van der Waals surface area contributed by atoms with Gasteiger partial charge in [-0.3, -0.25) is 19.9 Å². The van der Waals surface area contributed by atoms with Gasteiger partial charge in [0, 0.05) is 59.3 Å². The van der Waals surface area contributed by atoms with E-state index in [9.17, 15) is 4.79 Å². The molecule has 6 rings (SSSR count). The van der Waals surface area contributed by atoms with E-state index in [-0.39, 0.29) is 11.3 Å². The SMILES string of the molecule is CC(C)(C)CC(=O)Nc1cncc(-c2cnc3[nH]nc(-c4cc5c(-c6ccncc6)ccnc5[nH]4)c3c2)c1. The topological polar surface area (TPSA) is 125 Å². The second-order valence-corrected chi connectivity index (χ2v) is 10.5. The van der Waals surface area contributed by atoms with Gasteiger partial charge in [-0.25, -0.2) is 9.97 Å². The Morgan fingerprint density at radius 1 is 0.842 bits per heavy atom. The van der Waals surface area contributed by atoms with Gasteiger partial charge < -0.3 is 10.3 Å². The normalized spacial score (nSPS) is 11.8. The summed E-state index contributed by atoms with van der Waals surface area (Å²) >= 11 is 0. The maximum Gasteiger partial charge on any atom is 0.224 e. The lowest BCUT2D eigenvalue weighted by Gasteiger charge is -2.17. The van der Waals surface area contributed by atoms with Gasteiger partial charge in [0.25, 0.3) is 0 Å². The van der Waals surface area contributed by atoms with Gasteiger partial charge in [0.2, 0.25) is 5.91 Å². The van der Waals surface area contributed by atoms with Gasteiger partial charge in [-0.1, -0.05) is 20.8 Å². The van der Waals surface area contributed by atoms with Crippen LogP contribution < -0.4 is 5.32 Å². The quantitative estimate of drug-likeness (QED) is 0.265. The molecule has 0 bridgehead atoms. The van der Waals surface area contributed by atoms with E-state index in [4.69, 9.17) is 0 Å². The largest absolute Gasteiger partial charge is 0.338 e. The molecule has 0 radical (unpaired) electrons. The summed E-state index contributed by atoms with van der Waals surface area (Å²) < 4.78 is 0. The average Bonchev–Trinajstić information content (AvgIpc) is 3.51. The van der Waals surface area contributed by atoms with Crippen molar-refractivity contribution in [3.8, 4) is 33.6 Å². The van der Waals surface area contributed by atoms with Gasteiger partial charge in [-0.15, -0.1) is 0 Å². The maximum absolute atomic E-state index is 12.4. The molecule has 0 atom stereocenters. The van der Waals surface area contributed by atoms with Crippen LogP contribution in [0.4, 0.5) is 5.69 Å². The highest BCUT2D eigenvalue weighted by Crippen LogP contribution is 2.34. The number of carbonyl (C=O) groups excluding carboxylic acids is 1. The van der Waals surface area contributed by atoms with Gasteiger partial charge in [0.1, 0.15) is 11.3 Å². The number of aromatic nitrogens is 7. The predicted octanol–water partition coefficient (Wildman–Crippen LogP) is 6.00. The maximum atomic E-state index is 12.4. The zero-order chi connectivity index (χ0) is 26.3. The van der Waals surface area contributed by atoms with E-state index >= 15 is 0 Å². The Labute approximate surface area is 218 Å². The van der Waals surface area contributed by atoms with Crippen LogP contribution in [0.1, 0.15) is 27.2 Å². The summed E-state index contributed by atoms with van der Waals surface area (Å²) in [5.41, 5.74) is 7.42. The van der Waals surface area contributed by atoms with Crippen LogP contribution in [-0.4, -0.2) is 41.0 Å². The van der Waals surface area contributed by atoms with Crippen molar-refractivity contribution >= 4 is 33.7 Å². The minimum absolute atomic E-state index is 0.0410. The van der Waals surface area contributed by atoms with E-state index in [0.29, 0.717) is 17.8 Å². The fourth-order valence-corrected chi connectivity index (χ4v) is 4.56. The van der Waals surface area contributed by atoms with Crippen molar-refractivity contribution in [2.24, 2.45) is 5.41 Å². The third-order valence-corrected chi connectivity index (χ3v) is 6.24.